The van der Waals surface area contributed by atoms with Crippen molar-refractivity contribution in [1.82, 2.24) is 0 Å². The van der Waals surface area contributed by atoms with E-state index in [-0.39, 0.29) is 0 Å². The molecule has 1 aromatic rings. The molecule has 0 aromatic heterocycles. The number of sulfone groups is 1. The molecule has 0 saturated carbocycles. The largest absolute Gasteiger partial charge is 0.490 e. The van der Waals surface area contributed by atoms with Crippen LogP contribution in [0.15, 0.2) is 12.1 Å². The minimum Gasteiger partial charge on any atom is -0.490 e. The van der Waals surface area contributed by atoms with E-state index < -0.39 is 19.9 Å². The zero-order valence-corrected chi connectivity index (χ0v) is 14.4. The molecular weight excluding hydrogens is 368 g/mol. The highest BCUT2D eigenvalue weighted by atomic mass is 79.9. The van der Waals surface area contributed by atoms with Gasteiger partial charge in [0, 0.05) is 23.8 Å². The number of hydrogen-bond acceptors (Lipinski definition) is 4. The zero-order chi connectivity index (χ0) is 14.9. The van der Waals surface area contributed by atoms with Gasteiger partial charge in [-0.1, -0.05) is 27.5 Å². The van der Waals surface area contributed by atoms with Crippen LogP contribution in [-0.2, 0) is 9.84 Å². The Morgan fingerprint density at radius 1 is 1.25 bits per heavy atom. The van der Waals surface area contributed by atoms with Crippen molar-refractivity contribution in [3.05, 3.63) is 22.7 Å². The summed E-state index contributed by atoms with van der Waals surface area (Å²) in [6.45, 7) is 2.80. The second-order valence-corrected chi connectivity index (χ2v) is 8.60. The first-order valence-electron chi connectivity index (χ1n) is 6.22. The minimum absolute atomic E-state index is 0.401. The second-order valence-electron chi connectivity index (χ2n) is 4.81. The van der Waals surface area contributed by atoms with E-state index in [2.05, 4.69) is 15.9 Å². The van der Waals surface area contributed by atoms with E-state index in [1.165, 1.54) is 6.26 Å². The van der Waals surface area contributed by atoms with Gasteiger partial charge in [-0.15, -0.1) is 0 Å². The van der Waals surface area contributed by atoms with Gasteiger partial charge >= 0.3 is 0 Å². The summed E-state index contributed by atoms with van der Waals surface area (Å²) >= 11 is 9.67. The molecule has 0 amide bonds. The van der Waals surface area contributed by atoms with E-state index in [0.717, 1.165) is 6.42 Å². The molecule has 0 bridgehead atoms. The topological polar surface area (TPSA) is 52.6 Å². The van der Waals surface area contributed by atoms with E-state index in [4.69, 9.17) is 21.1 Å². The molecule has 0 radical (unpaired) electrons. The first kappa shape index (κ1) is 15.9. The van der Waals surface area contributed by atoms with Crippen molar-refractivity contribution in [2.24, 2.45) is 0 Å². The molecule has 0 spiro atoms. The van der Waals surface area contributed by atoms with Gasteiger partial charge in [-0.2, -0.15) is 0 Å². The van der Waals surface area contributed by atoms with Gasteiger partial charge in [0.25, 0.3) is 0 Å². The Morgan fingerprint density at radius 3 is 2.35 bits per heavy atom. The standard InChI is InChI=1S/C13H16BrClO4S/c1-8(20(2,16)17)13(14)9-6-11-12(7-10(9)15)19-5-3-4-18-11/h6-8,13H,3-5H2,1-2H3. The van der Waals surface area contributed by atoms with Gasteiger partial charge in [-0.05, 0) is 18.6 Å². The molecular formula is C13H16BrClO4S. The summed E-state index contributed by atoms with van der Waals surface area (Å²) in [5.74, 6) is 1.20. The fourth-order valence-corrected chi connectivity index (χ4v) is 4.42. The third-order valence-corrected chi connectivity index (χ3v) is 6.84. The Bertz CT molecular complexity index is 603. The van der Waals surface area contributed by atoms with Crippen molar-refractivity contribution in [3.8, 4) is 11.5 Å². The van der Waals surface area contributed by atoms with Gasteiger partial charge in [0.05, 0.1) is 23.3 Å². The normalized spacial score (nSPS) is 18.2. The van der Waals surface area contributed by atoms with Crippen LogP contribution in [-0.4, -0.2) is 33.1 Å². The van der Waals surface area contributed by atoms with Crippen molar-refractivity contribution in [1.29, 1.82) is 0 Å². The Hall–Kier alpha value is -0.460. The smallest absolute Gasteiger partial charge is 0.162 e. The Balaban J connectivity index is 2.40. The van der Waals surface area contributed by atoms with Crippen LogP contribution in [0.5, 0.6) is 11.5 Å². The number of alkyl halides is 1. The molecule has 0 fully saturated rings. The van der Waals surface area contributed by atoms with Gasteiger partial charge < -0.3 is 9.47 Å². The molecule has 1 aliphatic heterocycles. The minimum atomic E-state index is -3.17. The molecule has 2 rings (SSSR count). The lowest BCUT2D eigenvalue weighted by atomic mass is 10.1. The van der Waals surface area contributed by atoms with Crippen LogP contribution < -0.4 is 9.47 Å². The third-order valence-electron chi connectivity index (χ3n) is 3.25. The van der Waals surface area contributed by atoms with Crippen LogP contribution in [0.3, 0.4) is 0 Å². The fraction of sp³-hybridized carbons (Fsp3) is 0.538. The molecule has 0 N–H and O–H groups in total. The predicted molar refractivity (Wildman–Crippen MR) is 83.0 cm³/mol. The highest BCUT2D eigenvalue weighted by Crippen LogP contribution is 2.41. The van der Waals surface area contributed by atoms with Crippen LogP contribution in [0.1, 0.15) is 23.7 Å². The van der Waals surface area contributed by atoms with Crippen LogP contribution in [0, 0.1) is 0 Å². The van der Waals surface area contributed by atoms with Crippen LogP contribution in [0.4, 0.5) is 0 Å². The maximum Gasteiger partial charge on any atom is 0.162 e. The Morgan fingerprint density at radius 2 is 1.80 bits per heavy atom. The van der Waals surface area contributed by atoms with Gasteiger partial charge in [-0.3, -0.25) is 0 Å². The maximum atomic E-state index is 11.7. The van der Waals surface area contributed by atoms with Gasteiger partial charge in [0.15, 0.2) is 21.3 Å². The summed E-state index contributed by atoms with van der Waals surface area (Å²) in [6, 6.07) is 3.44. The molecule has 7 heteroatoms. The van der Waals surface area contributed by atoms with Gasteiger partial charge in [0.2, 0.25) is 0 Å². The first-order chi connectivity index (χ1) is 9.30. The number of hydrogen-bond donors (Lipinski definition) is 0. The lowest BCUT2D eigenvalue weighted by molar-refractivity contribution is 0.297. The zero-order valence-electron chi connectivity index (χ0n) is 11.2. The van der Waals surface area contributed by atoms with Crippen LogP contribution in [0.25, 0.3) is 0 Å². The maximum absolute atomic E-state index is 11.7. The van der Waals surface area contributed by atoms with Crippen molar-refractivity contribution in [2.75, 3.05) is 19.5 Å². The highest BCUT2D eigenvalue weighted by molar-refractivity contribution is 9.09. The average Bonchev–Trinajstić information content (AvgIpc) is 2.59. The Labute approximate surface area is 132 Å². The highest BCUT2D eigenvalue weighted by Gasteiger charge is 2.28. The monoisotopic (exact) mass is 382 g/mol. The number of rotatable bonds is 3. The number of halogens is 2. The van der Waals surface area contributed by atoms with E-state index >= 15 is 0 Å². The van der Waals surface area contributed by atoms with Crippen molar-refractivity contribution < 1.29 is 17.9 Å². The lowest BCUT2D eigenvalue weighted by Crippen LogP contribution is -2.21. The van der Waals surface area contributed by atoms with Gasteiger partial charge in [0.1, 0.15) is 0 Å². The lowest BCUT2D eigenvalue weighted by Gasteiger charge is -2.20. The van der Waals surface area contributed by atoms with E-state index in [1.807, 2.05) is 0 Å². The molecule has 20 heavy (non-hydrogen) atoms. The molecule has 112 valence electrons. The molecule has 2 unspecified atom stereocenters. The second kappa shape index (κ2) is 6.12. The summed E-state index contributed by atoms with van der Waals surface area (Å²) in [6.07, 6.45) is 2.02. The van der Waals surface area contributed by atoms with Crippen molar-refractivity contribution >= 4 is 37.4 Å². The van der Waals surface area contributed by atoms with Crippen molar-refractivity contribution in [3.63, 3.8) is 0 Å². The van der Waals surface area contributed by atoms with Gasteiger partial charge in [-0.25, -0.2) is 8.42 Å². The van der Waals surface area contributed by atoms with E-state index in [9.17, 15) is 8.42 Å². The number of fused-ring (bicyclic) bond motifs is 1. The van der Waals surface area contributed by atoms with Crippen LogP contribution >= 0.6 is 27.5 Å². The molecule has 0 saturated heterocycles. The van der Waals surface area contributed by atoms with E-state index in [1.54, 1.807) is 19.1 Å². The molecule has 1 heterocycles. The van der Waals surface area contributed by atoms with Crippen LogP contribution in [0.2, 0.25) is 5.02 Å². The summed E-state index contributed by atoms with van der Waals surface area (Å²) in [5, 5.41) is -0.128. The van der Waals surface area contributed by atoms with Crippen molar-refractivity contribution in [2.45, 2.75) is 23.4 Å². The predicted octanol–water partition coefficient (Wildman–Crippen LogP) is 3.37. The average molecular weight is 384 g/mol. The molecule has 0 aliphatic carbocycles. The summed E-state index contributed by atoms with van der Waals surface area (Å²) in [5.41, 5.74) is 0.689. The fourth-order valence-electron chi connectivity index (χ4n) is 1.88. The summed E-state index contributed by atoms with van der Waals surface area (Å²) in [4.78, 5) is -0.401. The Kier molecular flexibility index (Phi) is 4.87. The first-order valence-corrected chi connectivity index (χ1v) is 9.47. The number of benzene rings is 1. The summed E-state index contributed by atoms with van der Waals surface area (Å²) in [7, 11) is -3.17. The quantitative estimate of drug-likeness (QED) is 0.751. The SMILES string of the molecule is CC(C(Br)c1cc2c(cc1Cl)OCCCO2)S(C)(=O)=O. The third kappa shape index (κ3) is 3.40. The summed E-state index contributed by atoms with van der Waals surface area (Å²) < 4.78 is 34.5. The van der Waals surface area contributed by atoms with E-state index in [0.29, 0.717) is 35.3 Å². The molecule has 4 nitrogen and oxygen atoms in total. The molecule has 1 aliphatic rings. The number of ether oxygens (including phenoxy) is 2. The molecule has 1 aromatic carbocycles. The molecule has 2 atom stereocenters.